The minimum atomic E-state index is -4.57. The number of rotatable bonds is 47. The zero-order chi connectivity index (χ0) is 43.6. The van der Waals surface area contributed by atoms with E-state index in [1.165, 1.54) is 186 Å². The monoisotopic (exact) mass is 857 g/mol. The maximum absolute atomic E-state index is 12.9. The first-order chi connectivity index (χ1) is 28.5. The van der Waals surface area contributed by atoms with Gasteiger partial charge >= 0.3 is 0 Å². The zero-order valence-corrected chi connectivity index (χ0v) is 40.9. The molecule has 0 radical (unpaired) electrons. The Hall–Kier alpha value is -0.760. The van der Waals surface area contributed by atoms with E-state index in [-0.39, 0.29) is 19.1 Å². The standard InChI is InChI=1S/C50H101N2O6P/c1-6-8-10-12-14-16-18-20-22-23-24-25-26-27-28-30-31-33-35-37-39-41-43-49(53)48(47-58-59(55,56)57-46-45-52(3,4)5)51-50(54)44-42-40-38-36-34-32-29-21-19-17-15-13-11-9-7-2/h17,19,48-49,53H,6-16,18,20-47H2,1-5H3,(H-,51,54,55,56)/b19-17-. The number of amides is 1. The number of carbonyl (C=O) groups excluding carboxylic acids is 1. The number of quaternary nitrogens is 1. The maximum atomic E-state index is 12.9. The Balaban J connectivity index is 4.22. The van der Waals surface area contributed by atoms with Gasteiger partial charge in [-0.2, -0.15) is 0 Å². The normalized spacial score (nSPS) is 14.2. The molecular weight excluding hydrogens is 756 g/mol. The third kappa shape index (κ3) is 45.1. The highest BCUT2D eigenvalue weighted by Gasteiger charge is 2.24. The summed E-state index contributed by atoms with van der Waals surface area (Å²) in [4.78, 5) is 25.4. The van der Waals surface area contributed by atoms with E-state index in [2.05, 4.69) is 31.3 Å². The van der Waals surface area contributed by atoms with Crippen molar-refractivity contribution in [3.05, 3.63) is 12.2 Å². The third-order valence-electron chi connectivity index (χ3n) is 11.8. The Bertz CT molecular complexity index is 974. The Morgan fingerprint density at radius 3 is 1.34 bits per heavy atom. The maximum Gasteiger partial charge on any atom is 0.268 e. The summed E-state index contributed by atoms with van der Waals surface area (Å²) >= 11 is 0. The third-order valence-corrected chi connectivity index (χ3v) is 12.7. The van der Waals surface area contributed by atoms with Crippen LogP contribution in [0.1, 0.15) is 251 Å². The minimum Gasteiger partial charge on any atom is -0.756 e. The molecule has 3 atom stereocenters. The lowest BCUT2D eigenvalue weighted by molar-refractivity contribution is -0.870. The Morgan fingerprint density at radius 1 is 0.576 bits per heavy atom. The molecule has 0 aromatic carbocycles. The topological polar surface area (TPSA) is 108 Å². The quantitative estimate of drug-likeness (QED) is 0.0273. The molecular formula is C50H101N2O6P. The van der Waals surface area contributed by atoms with Gasteiger partial charge < -0.3 is 28.8 Å². The van der Waals surface area contributed by atoms with Crippen LogP contribution in [-0.2, 0) is 18.4 Å². The first-order valence-corrected chi connectivity index (χ1v) is 27.0. The van der Waals surface area contributed by atoms with Gasteiger partial charge in [0.15, 0.2) is 0 Å². The largest absolute Gasteiger partial charge is 0.756 e. The smallest absolute Gasteiger partial charge is 0.268 e. The van der Waals surface area contributed by atoms with Crippen LogP contribution in [0.5, 0.6) is 0 Å². The molecule has 3 unspecified atom stereocenters. The van der Waals surface area contributed by atoms with Gasteiger partial charge in [-0.15, -0.1) is 0 Å². The molecule has 8 nitrogen and oxygen atoms in total. The van der Waals surface area contributed by atoms with E-state index in [1.54, 1.807) is 0 Å². The lowest BCUT2D eigenvalue weighted by Gasteiger charge is -2.30. The Kier molecular flexibility index (Phi) is 42.0. The van der Waals surface area contributed by atoms with Gasteiger partial charge in [0, 0.05) is 6.42 Å². The van der Waals surface area contributed by atoms with Crippen LogP contribution in [0.4, 0.5) is 0 Å². The van der Waals surface area contributed by atoms with Crippen molar-refractivity contribution in [3.63, 3.8) is 0 Å². The van der Waals surface area contributed by atoms with Crippen molar-refractivity contribution in [2.24, 2.45) is 0 Å². The number of allylic oxidation sites excluding steroid dienone is 2. The minimum absolute atomic E-state index is 0.0135. The van der Waals surface area contributed by atoms with Crippen molar-refractivity contribution in [1.29, 1.82) is 0 Å². The van der Waals surface area contributed by atoms with Gasteiger partial charge in [-0.25, -0.2) is 0 Å². The molecule has 0 saturated carbocycles. The highest BCUT2D eigenvalue weighted by Crippen LogP contribution is 2.38. The lowest BCUT2D eigenvalue weighted by atomic mass is 10.0. The van der Waals surface area contributed by atoms with E-state index in [0.717, 1.165) is 38.5 Å². The number of likely N-dealkylation sites (N-methyl/N-ethyl adjacent to an activating group) is 1. The molecule has 0 spiro atoms. The molecule has 0 aliphatic carbocycles. The van der Waals surface area contributed by atoms with Crippen LogP contribution in [0.25, 0.3) is 0 Å². The molecule has 0 aromatic heterocycles. The second-order valence-corrected chi connectivity index (χ2v) is 20.3. The van der Waals surface area contributed by atoms with Crippen molar-refractivity contribution in [2.75, 3.05) is 40.9 Å². The molecule has 0 aliphatic heterocycles. The van der Waals surface area contributed by atoms with Gasteiger partial charge in [0.1, 0.15) is 13.2 Å². The van der Waals surface area contributed by atoms with Crippen molar-refractivity contribution in [1.82, 2.24) is 5.32 Å². The molecule has 59 heavy (non-hydrogen) atoms. The molecule has 0 fully saturated rings. The number of aliphatic hydroxyl groups is 1. The summed E-state index contributed by atoms with van der Waals surface area (Å²) in [5.41, 5.74) is 0. The zero-order valence-electron chi connectivity index (χ0n) is 40.0. The number of unbranched alkanes of at least 4 members (excludes halogenated alkanes) is 32. The van der Waals surface area contributed by atoms with E-state index in [0.29, 0.717) is 23.9 Å². The van der Waals surface area contributed by atoms with E-state index >= 15 is 0 Å². The van der Waals surface area contributed by atoms with Crippen LogP contribution in [-0.4, -0.2) is 68.5 Å². The number of nitrogens with zero attached hydrogens (tertiary/aromatic N) is 1. The van der Waals surface area contributed by atoms with Gasteiger partial charge in [-0.1, -0.05) is 219 Å². The predicted molar refractivity (Wildman–Crippen MR) is 252 cm³/mol. The fraction of sp³-hybridized carbons (Fsp3) is 0.940. The number of carbonyl (C=O) groups is 1. The second kappa shape index (κ2) is 42.5. The molecule has 0 aliphatic rings. The first kappa shape index (κ1) is 58.2. The summed E-state index contributed by atoms with van der Waals surface area (Å²) in [6, 6.07) is -0.799. The number of hydrogen-bond donors (Lipinski definition) is 2. The van der Waals surface area contributed by atoms with Gasteiger partial charge in [0.2, 0.25) is 5.91 Å². The molecule has 0 rings (SSSR count). The van der Waals surface area contributed by atoms with Gasteiger partial charge in [0.25, 0.3) is 7.82 Å². The van der Waals surface area contributed by atoms with E-state index < -0.39 is 20.0 Å². The summed E-state index contributed by atoms with van der Waals surface area (Å²) in [6.45, 7) is 4.73. The van der Waals surface area contributed by atoms with Crippen LogP contribution < -0.4 is 10.2 Å². The van der Waals surface area contributed by atoms with Crippen molar-refractivity contribution in [2.45, 2.75) is 264 Å². The number of phosphoric ester groups is 1. The average Bonchev–Trinajstić information content (AvgIpc) is 3.19. The van der Waals surface area contributed by atoms with Gasteiger partial charge in [0.05, 0.1) is 39.9 Å². The first-order valence-electron chi connectivity index (χ1n) is 25.5. The molecule has 1 amide bonds. The molecule has 0 bridgehead atoms. The SMILES string of the molecule is CCCCCC/C=C\CCCCCCCCCC(=O)NC(COP(=O)([O-])OCC[N+](C)(C)C)C(O)CCCCCCCCCCCCCCCCCCCCCCCC. The highest BCUT2D eigenvalue weighted by atomic mass is 31.2. The summed E-state index contributed by atoms with van der Waals surface area (Å²) in [5, 5.41) is 14.0. The van der Waals surface area contributed by atoms with Crippen LogP contribution >= 0.6 is 7.82 Å². The molecule has 352 valence electrons. The van der Waals surface area contributed by atoms with E-state index in [1.807, 2.05) is 21.1 Å². The van der Waals surface area contributed by atoms with E-state index in [9.17, 15) is 19.4 Å². The lowest BCUT2D eigenvalue weighted by Crippen LogP contribution is -2.46. The molecule has 0 heterocycles. The van der Waals surface area contributed by atoms with E-state index in [4.69, 9.17) is 9.05 Å². The number of hydrogen-bond acceptors (Lipinski definition) is 6. The van der Waals surface area contributed by atoms with Crippen LogP contribution in [0.2, 0.25) is 0 Å². The predicted octanol–water partition coefficient (Wildman–Crippen LogP) is 14.1. The van der Waals surface area contributed by atoms with Crippen LogP contribution in [0.3, 0.4) is 0 Å². The van der Waals surface area contributed by atoms with Crippen LogP contribution in [0.15, 0.2) is 12.2 Å². The summed E-state index contributed by atoms with van der Waals surface area (Å²) < 4.78 is 23.3. The van der Waals surface area contributed by atoms with Crippen LogP contribution in [0, 0.1) is 0 Å². The fourth-order valence-corrected chi connectivity index (χ4v) is 8.41. The highest BCUT2D eigenvalue weighted by molar-refractivity contribution is 7.45. The molecule has 2 N–H and O–H groups in total. The second-order valence-electron chi connectivity index (χ2n) is 18.9. The Labute approximate surface area is 367 Å². The molecule has 9 heteroatoms. The van der Waals surface area contributed by atoms with Crippen molar-refractivity contribution in [3.8, 4) is 0 Å². The number of nitrogens with one attached hydrogen (secondary N) is 1. The van der Waals surface area contributed by atoms with Gasteiger partial charge in [-0.3, -0.25) is 9.36 Å². The molecule has 0 aromatic rings. The molecule has 0 saturated heterocycles. The van der Waals surface area contributed by atoms with Crippen molar-refractivity contribution >= 4 is 13.7 Å². The van der Waals surface area contributed by atoms with Gasteiger partial charge in [-0.05, 0) is 38.5 Å². The summed E-state index contributed by atoms with van der Waals surface area (Å²) in [6.07, 6.45) is 49.3. The summed E-state index contributed by atoms with van der Waals surface area (Å²) in [7, 11) is 1.31. The number of aliphatic hydroxyl groups excluding tert-OH is 1. The number of phosphoric acid groups is 1. The van der Waals surface area contributed by atoms with Crippen molar-refractivity contribution < 1.29 is 32.9 Å². The Morgan fingerprint density at radius 2 is 0.932 bits per heavy atom. The fourth-order valence-electron chi connectivity index (χ4n) is 7.68. The average molecular weight is 857 g/mol. The summed E-state index contributed by atoms with van der Waals surface area (Å²) in [5.74, 6) is -0.167.